The van der Waals surface area contributed by atoms with E-state index in [0.29, 0.717) is 18.5 Å². The van der Waals surface area contributed by atoms with Gasteiger partial charge in [-0.3, -0.25) is 4.79 Å². The molecule has 20 heavy (non-hydrogen) atoms. The minimum absolute atomic E-state index is 0.110. The molecular weight excluding hydrogens is 256 g/mol. The molecule has 5 heteroatoms. The fourth-order valence-corrected chi connectivity index (χ4v) is 3.39. The average molecular weight is 282 g/mol. The number of urea groups is 1. The van der Waals surface area contributed by atoms with E-state index >= 15 is 0 Å². The van der Waals surface area contributed by atoms with Gasteiger partial charge in [0.2, 0.25) is 0 Å². The van der Waals surface area contributed by atoms with Crippen LogP contribution >= 0.6 is 0 Å². The molecule has 1 N–H and O–H groups in total. The standard InChI is InChI=1S/C15H26N2O3/c1-11-5-6-12(2)17(9-11)15(20)16-7-3-4-13(10-16)8-14(18)19/h11-13H,3-10H2,1-2H3,(H,18,19). The Morgan fingerprint density at radius 1 is 1.15 bits per heavy atom. The normalized spacial score (nSPS) is 31.2. The third-order valence-electron chi connectivity index (χ3n) is 4.62. The highest BCUT2D eigenvalue weighted by Gasteiger charge is 2.32. The van der Waals surface area contributed by atoms with Crippen LogP contribution in [0.25, 0.3) is 0 Å². The van der Waals surface area contributed by atoms with Gasteiger partial charge < -0.3 is 14.9 Å². The molecule has 2 fully saturated rings. The van der Waals surface area contributed by atoms with Gasteiger partial charge in [0, 0.05) is 32.1 Å². The van der Waals surface area contributed by atoms with Crippen LogP contribution in [0.4, 0.5) is 4.79 Å². The fourth-order valence-electron chi connectivity index (χ4n) is 3.39. The molecule has 2 aliphatic rings. The van der Waals surface area contributed by atoms with Crippen LogP contribution in [0.1, 0.15) is 46.0 Å². The van der Waals surface area contributed by atoms with Gasteiger partial charge in [0.15, 0.2) is 0 Å². The van der Waals surface area contributed by atoms with Crippen molar-refractivity contribution in [2.45, 2.75) is 52.0 Å². The zero-order chi connectivity index (χ0) is 14.7. The number of aliphatic carboxylic acids is 1. The lowest BCUT2D eigenvalue weighted by molar-refractivity contribution is -0.138. The zero-order valence-electron chi connectivity index (χ0n) is 12.5. The van der Waals surface area contributed by atoms with E-state index in [1.807, 2.05) is 9.80 Å². The Hall–Kier alpha value is -1.26. The summed E-state index contributed by atoms with van der Waals surface area (Å²) in [5.41, 5.74) is 0. The van der Waals surface area contributed by atoms with Crippen LogP contribution in [-0.4, -0.2) is 52.6 Å². The molecule has 0 radical (unpaired) electrons. The Kier molecular flexibility index (Phi) is 4.89. The highest BCUT2D eigenvalue weighted by atomic mass is 16.4. The van der Waals surface area contributed by atoms with Crippen LogP contribution in [0, 0.1) is 11.8 Å². The van der Waals surface area contributed by atoms with E-state index in [1.54, 1.807) is 0 Å². The van der Waals surface area contributed by atoms with Crippen molar-refractivity contribution in [2.75, 3.05) is 19.6 Å². The molecule has 0 bridgehead atoms. The Bertz CT molecular complexity index is 372. The number of carboxylic acid groups (broad SMARTS) is 1. The van der Waals surface area contributed by atoms with E-state index in [0.717, 1.165) is 32.4 Å². The smallest absolute Gasteiger partial charge is 0.320 e. The zero-order valence-corrected chi connectivity index (χ0v) is 12.5. The summed E-state index contributed by atoms with van der Waals surface area (Å²) in [5.74, 6) is -0.0817. The van der Waals surface area contributed by atoms with Gasteiger partial charge in [-0.2, -0.15) is 0 Å². The first-order valence-corrected chi connectivity index (χ1v) is 7.74. The molecular formula is C15H26N2O3. The molecule has 2 rings (SSSR count). The number of likely N-dealkylation sites (tertiary alicyclic amines) is 2. The van der Waals surface area contributed by atoms with Crippen LogP contribution in [0.2, 0.25) is 0 Å². The molecule has 114 valence electrons. The Morgan fingerprint density at radius 2 is 1.90 bits per heavy atom. The first-order chi connectivity index (χ1) is 9.47. The summed E-state index contributed by atoms with van der Waals surface area (Å²) in [7, 11) is 0. The predicted molar refractivity (Wildman–Crippen MR) is 76.5 cm³/mol. The summed E-state index contributed by atoms with van der Waals surface area (Å²) < 4.78 is 0. The number of piperidine rings is 2. The summed E-state index contributed by atoms with van der Waals surface area (Å²) in [6, 6.07) is 0.415. The molecule has 0 aliphatic carbocycles. The quantitative estimate of drug-likeness (QED) is 0.846. The fraction of sp³-hybridized carbons (Fsp3) is 0.867. The first-order valence-electron chi connectivity index (χ1n) is 7.74. The van der Waals surface area contributed by atoms with Gasteiger partial charge >= 0.3 is 12.0 Å². The molecule has 2 heterocycles. The van der Waals surface area contributed by atoms with Crippen LogP contribution < -0.4 is 0 Å². The summed E-state index contributed by atoms with van der Waals surface area (Å²) in [6.45, 7) is 6.51. The maximum absolute atomic E-state index is 12.6. The maximum atomic E-state index is 12.6. The van der Waals surface area contributed by atoms with Gasteiger partial charge in [-0.15, -0.1) is 0 Å². The molecule has 0 aromatic carbocycles. The van der Waals surface area contributed by atoms with Crippen molar-refractivity contribution in [1.82, 2.24) is 9.80 Å². The average Bonchev–Trinajstić information content (AvgIpc) is 2.40. The third kappa shape index (κ3) is 3.64. The van der Waals surface area contributed by atoms with Crippen molar-refractivity contribution >= 4 is 12.0 Å². The summed E-state index contributed by atoms with van der Waals surface area (Å²) >= 11 is 0. The first kappa shape index (κ1) is 15.1. The SMILES string of the molecule is CC1CCC(C)N(C(=O)N2CCCC(CC(=O)O)C2)C1. The Balaban J connectivity index is 1.95. The Labute approximate surface area is 120 Å². The van der Waals surface area contributed by atoms with Crippen molar-refractivity contribution in [3.05, 3.63) is 0 Å². The number of carbonyl (C=O) groups excluding carboxylic acids is 1. The van der Waals surface area contributed by atoms with Gasteiger partial charge in [0.05, 0.1) is 0 Å². The van der Waals surface area contributed by atoms with Gasteiger partial charge in [0.1, 0.15) is 0 Å². The van der Waals surface area contributed by atoms with Crippen molar-refractivity contribution in [2.24, 2.45) is 11.8 Å². The van der Waals surface area contributed by atoms with Gasteiger partial charge in [0.25, 0.3) is 0 Å². The van der Waals surface area contributed by atoms with Crippen LogP contribution in [0.15, 0.2) is 0 Å². The second kappa shape index (κ2) is 6.46. The van der Waals surface area contributed by atoms with E-state index in [9.17, 15) is 9.59 Å². The number of hydrogen-bond donors (Lipinski definition) is 1. The largest absolute Gasteiger partial charge is 0.481 e. The number of amides is 2. The van der Waals surface area contributed by atoms with E-state index in [4.69, 9.17) is 5.11 Å². The molecule has 2 amide bonds. The second-order valence-electron chi connectivity index (χ2n) is 6.52. The molecule has 0 aromatic rings. The minimum atomic E-state index is -0.760. The number of rotatable bonds is 2. The molecule has 3 atom stereocenters. The van der Waals surface area contributed by atoms with Crippen molar-refractivity contribution in [1.29, 1.82) is 0 Å². The molecule has 2 saturated heterocycles. The van der Waals surface area contributed by atoms with Crippen LogP contribution in [0.5, 0.6) is 0 Å². The van der Waals surface area contributed by atoms with E-state index in [1.165, 1.54) is 6.42 Å². The molecule has 0 spiro atoms. The van der Waals surface area contributed by atoms with E-state index in [-0.39, 0.29) is 18.4 Å². The van der Waals surface area contributed by atoms with Gasteiger partial charge in [-0.25, -0.2) is 4.79 Å². The maximum Gasteiger partial charge on any atom is 0.320 e. The number of carbonyl (C=O) groups is 2. The minimum Gasteiger partial charge on any atom is -0.481 e. The monoisotopic (exact) mass is 282 g/mol. The van der Waals surface area contributed by atoms with Crippen LogP contribution in [0.3, 0.4) is 0 Å². The lowest BCUT2D eigenvalue weighted by Gasteiger charge is -2.42. The molecule has 0 saturated carbocycles. The lowest BCUT2D eigenvalue weighted by Crippen LogP contribution is -2.53. The number of nitrogens with zero attached hydrogens (tertiary/aromatic N) is 2. The molecule has 5 nitrogen and oxygen atoms in total. The number of carboxylic acids is 1. The van der Waals surface area contributed by atoms with Gasteiger partial charge in [-0.1, -0.05) is 6.92 Å². The lowest BCUT2D eigenvalue weighted by atomic mass is 9.93. The van der Waals surface area contributed by atoms with Crippen molar-refractivity contribution < 1.29 is 14.7 Å². The highest BCUT2D eigenvalue weighted by Crippen LogP contribution is 2.25. The third-order valence-corrected chi connectivity index (χ3v) is 4.62. The molecule has 3 unspecified atom stereocenters. The van der Waals surface area contributed by atoms with Gasteiger partial charge in [-0.05, 0) is 44.4 Å². The molecule has 0 aromatic heterocycles. The topological polar surface area (TPSA) is 60.9 Å². The summed E-state index contributed by atoms with van der Waals surface area (Å²) in [5, 5.41) is 8.90. The summed E-state index contributed by atoms with van der Waals surface area (Å²) in [6.07, 6.45) is 4.27. The summed E-state index contributed by atoms with van der Waals surface area (Å²) in [4.78, 5) is 27.3. The highest BCUT2D eigenvalue weighted by molar-refractivity contribution is 5.75. The molecule has 2 aliphatic heterocycles. The predicted octanol–water partition coefficient (Wildman–Crippen LogP) is 2.41. The van der Waals surface area contributed by atoms with Crippen molar-refractivity contribution in [3.63, 3.8) is 0 Å². The van der Waals surface area contributed by atoms with E-state index < -0.39 is 5.97 Å². The number of hydrogen-bond acceptors (Lipinski definition) is 2. The second-order valence-corrected chi connectivity index (χ2v) is 6.52. The van der Waals surface area contributed by atoms with Crippen LogP contribution in [-0.2, 0) is 4.79 Å². The van der Waals surface area contributed by atoms with E-state index in [2.05, 4.69) is 13.8 Å². The Morgan fingerprint density at radius 3 is 2.60 bits per heavy atom. The van der Waals surface area contributed by atoms with Crippen molar-refractivity contribution in [3.8, 4) is 0 Å².